The van der Waals surface area contributed by atoms with Crippen molar-refractivity contribution in [2.45, 2.75) is 69.9 Å². The molecule has 3 amide bonds. The molecule has 4 aliphatic heterocycles. The Morgan fingerprint density at radius 1 is 1.12 bits per heavy atom. The third-order valence-electron chi connectivity index (χ3n) is 8.47. The molecular formula is C31H38ClN3O7. The molecule has 1 aromatic carbocycles. The molecule has 42 heavy (non-hydrogen) atoms. The Morgan fingerprint density at radius 3 is 2.55 bits per heavy atom. The van der Waals surface area contributed by atoms with Crippen molar-refractivity contribution in [3.63, 3.8) is 0 Å². The van der Waals surface area contributed by atoms with E-state index in [9.17, 15) is 24.3 Å². The predicted octanol–water partition coefficient (Wildman–Crippen LogP) is 2.63. The van der Waals surface area contributed by atoms with Gasteiger partial charge in [-0.15, -0.1) is 0 Å². The zero-order valence-electron chi connectivity index (χ0n) is 24.1. The summed E-state index contributed by atoms with van der Waals surface area (Å²) in [4.78, 5) is 58.0. The minimum Gasteiger partial charge on any atom is -0.460 e. The maximum atomic E-state index is 14.7. The molecule has 0 unspecified atom stereocenters. The second-order valence-electron chi connectivity index (χ2n) is 11.9. The SMILES string of the molecule is CC(C)C[C@H](CO)N1C(=O)[C@H]2[C@@H]3C(=O)O[C@H](C)CNC(=O)CC/C=C\CN(c4ccc(Cl)cc4)C(=O)[C@H]1[C@@]21C=C[C@@H]3O1. The molecule has 0 aromatic heterocycles. The zero-order chi connectivity index (χ0) is 30.2. The molecular weight excluding hydrogens is 562 g/mol. The number of halogens is 1. The summed E-state index contributed by atoms with van der Waals surface area (Å²) < 4.78 is 12.1. The second kappa shape index (κ2) is 12.2. The summed E-state index contributed by atoms with van der Waals surface area (Å²) in [5.41, 5.74) is -0.852. The first-order valence-electron chi connectivity index (χ1n) is 14.6. The standard InChI is InChI=1S/C31H38ClN3O7/c1-18(2)15-22(17-36)35-27-29(39)34(21-10-8-20(32)9-11-21)14-6-4-5-7-24(37)33-16-19(3)41-30(40)25-23-12-13-31(27,42-23)26(25)28(35)38/h4,6,8-13,18-19,22-23,25-27,36H,5,7,14-17H2,1-3H3,(H,33,37)/b6-4-/t19-,22-,23+,25-,26-,27+,31-/m1/s1. The molecule has 0 saturated carbocycles. The number of hydrogen-bond acceptors (Lipinski definition) is 7. The van der Waals surface area contributed by atoms with Crippen LogP contribution in [0.1, 0.15) is 40.0 Å². The number of benzene rings is 1. The molecule has 1 aromatic rings. The van der Waals surface area contributed by atoms with E-state index < -0.39 is 59.5 Å². The van der Waals surface area contributed by atoms with E-state index in [-0.39, 0.29) is 37.9 Å². The van der Waals surface area contributed by atoms with Gasteiger partial charge in [0.1, 0.15) is 23.7 Å². The van der Waals surface area contributed by atoms with Gasteiger partial charge in [0.2, 0.25) is 11.8 Å². The molecule has 7 atom stereocenters. The molecule has 11 heteroatoms. The number of likely N-dealkylation sites (tertiary alicyclic amines) is 1. The largest absolute Gasteiger partial charge is 0.460 e. The summed E-state index contributed by atoms with van der Waals surface area (Å²) in [5, 5.41) is 13.8. The number of esters is 1. The Morgan fingerprint density at radius 2 is 1.86 bits per heavy atom. The molecule has 10 nitrogen and oxygen atoms in total. The van der Waals surface area contributed by atoms with Gasteiger partial charge in [-0.05, 0) is 49.9 Å². The number of aliphatic hydroxyl groups excluding tert-OH is 1. The Kier molecular flexibility index (Phi) is 8.78. The first-order valence-corrected chi connectivity index (χ1v) is 14.9. The van der Waals surface area contributed by atoms with Crippen LogP contribution in [0, 0.1) is 17.8 Å². The van der Waals surface area contributed by atoms with E-state index in [0.717, 1.165) is 0 Å². The van der Waals surface area contributed by atoms with Crippen LogP contribution in [0.15, 0.2) is 48.6 Å². The van der Waals surface area contributed by atoms with Crippen LogP contribution in [-0.2, 0) is 28.7 Å². The number of fused-ring (bicyclic) bond motifs is 2. The van der Waals surface area contributed by atoms with E-state index in [2.05, 4.69) is 5.32 Å². The predicted molar refractivity (Wildman–Crippen MR) is 155 cm³/mol. The van der Waals surface area contributed by atoms with Crippen molar-refractivity contribution in [2.24, 2.45) is 17.8 Å². The quantitative estimate of drug-likeness (QED) is 0.394. The highest BCUT2D eigenvalue weighted by atomic mass is 35.5. The molecule has 5 rings (SSSR count). The van der Waals surface area contributed by atoms with Gasteiger partial charge >= 0.3 is 5.97 Å². The maximum absolute atomic E-state index is 14.7. The van der Waals surface area contributed by atoms with Gasteiger partial charge in [-0.3, -0.25) is 19.2 Å². The fourth-order valence-corrected chi connectivity index (χ4v) is 6.76. The number of carbonyl (C=O) groups excluding carboxylic acids is 4. The first kappa shape index (κ1) is 30.3. The Labute approximate surface area is 250 Å². The van der Waals surface area contributed by atoms with E-state index in [1.165, 1.54) is 4.90 Å². The van der Waals surface area contributed by atoms with Gasteiger partial charge in [0.05, 0.1) is 31.2 Å². The number of nitrogens with one attached hydrogen (secondary N) is 1. The molecule has 2 N–H and O–H groups in total. The summed E-state index contributed by atoms with van der Waals surface area (Å²) >= 11 is 6.15. The summed E-state index contributed by atoms with van der Waals surface area (Å²) in [6, 6.07) is 5.01. The van der Waals surface area contributed by atoms with Gasteiger partial charge in [0.25, 0.3) is 5.91 Å². The summed E-state index contributed by atoms with van der Waals surface area (Å²) in [6.45, 7) is 5.58. The summed E-state index contributed by atoms with van der Waals surface area (Å²) in [6.07, 6.45) is 6.86. The number of allylic oxidation sites excluding steroid dienone is 1. The maximum Gasteiger partial charge on any atom is 0.313 e. The van der Waals surface area contributed by atoms with Crippen LogP contribution >= 0.6 is 11.6 Å². The average Bonchev–Trinajstić information content (AvgIpc) is 3.59. The topological polar surface area (TPSA) is 125 Å². The highest BCUT2D eigenvalue weighted by Gasteiger charge is 2.74. The number of anilines is 1. The van der Waals surface area contributed by atoms with Crippen LogP contribution in [0.3, 0.4) is 0 Å². The third-order valence-corrected chi connectivity index (χ3v) is 8.72. The third kappa shape index (κ3) is 5.47. The van der Waals surface area contributed by atoms with Gasteiger partial charge in [0, 0.05) is 23.7 Å². The highest BCUT2D eigenvalue weighted by Crippen LogP contribution is 2.56. The van der Waals surface area contributed by atoms with Crippen molar-refractivity contribution < 1.29 is 33.8 Å². The fourth-order valence-electron chi connectivity index (χ4n) is 6.64. The number of nitrogens with zero attached hydrogens (tertiary/aromatic N) is 2. The van der Waals surface area contributed by atoms with Crippen LogP contribution in [0.2, 0.25) is 5.02 Å². The first-order chi connectivity index (χ1) is 20.1. The summed E-state index contributed by atoms with van der Waals surface area (Å²) in [7, 11) is 0. The van der Waals surface area contributed by atoms with Crippen LogP contribution < -0.4 is 10.2 Å². The van der Waals surface area contributed by atoms with Crippen molar-refractivity contribution in [3.8, 4) is 0 Å². The number of ether oxygens (including phenoxy) is 2. The van der Waals surface area contributed by atoms with Crippen LogP contribution in [0.4, 0.5) is 5.69 Å². The van der Waals surface area contributed by atoms with Gasteiger partial charge in [-0.2, -0.15) is 0 Å². The van der Waals surface area contributed by atoms with Gasteiger partial charge in [0.15, 0.2) is 0 Å². The number of rotatable bonds is 5. The average molecular weight is 600 g/mol. The van der Waals surface area contributed by atoms with Gasteiger partial charge in [-0.1, -0.05) is 49.8 Å². The number of cyclic esters (lactones) is 1. The van der Waals surface area contributed by atoms with Crippen LogP contribution in [0.5, 0.6) is 0 Å². The Bertz CT molecular complexity index is 1280. The van der Waals surface area contributed by atoms with Crippen LogP contribution in [-0.4, -0.2) is 83.3 Å². The van der Waals surface area contributed by atoms with E-state index in [0.29, 0.717) is 23.6 Å². The van der Waals surface area contributed by atoms with E-state index in [1.807, 2.05) is 26.0 Å². The van der Waals surface area contributed by atoms with E-state index in [1.54, 1.807) is 48.2 Å². The van der Waals surface area contributed by atoms with Gasteiger partial charge < -0.3 is 29.7 Å². The number of aliphatic hydroxyl groups is 1. The molecule has 0 radical (unpaired) electrons. The molecule has 226 valence electrons. The van der Waals surface area contributed by atoms with Gasteiger partial charge in [-0.25, -0.2) is 0 Å². The minimum absolute atomic E-state index is 0.120. The van der Waals surface area contributed by atoms with Crippen molar-refractivity contribution >= 4 is 41.0 Å². The molecule has 4 heterocycles. The number of carbonyl (C=O) groups is 4. The lowest BCUT2D eigenvalue weighted by Crippen LogP contribution is -2.59. The molecule has 4 aliphatic rings. The Hall–Kier alpha value is -3.21. The summed E-state index contributed by atoms with van der Waals surface area (Å²) in [5.74, 6) is -3.49. The zero-order valence-corrected chi connectivity index (χ0v) is 24.8. The minimum atomic E-state index is -1.41. The monoisotopic (exact) mass is 599 g/mol. The molecule has 2 fully saturated rings. The Balaban J connectivity index is 1.63. The lowest BCUT2D eigenvalue weighted by molar-refractivity contribution is -0.159. The smallest absolute Gasteiger partial charge is 0.313 e. The lowest BCUT2D eigenvalue weighted by atomic mass is 9.74. The van der Waals surface area contributed by atoms with Crippen molar-refractivity contribution in [1.82, 2.24) is 10.2 Å². The second-order valence-corrected chi connectivity index (χ2v) is 12.3. The number of hydrogen-bond donors (Lipinski definition) is 2. The molecule has 2 saturated heterocycles. The lowest BCUT2D eigenvalue weighted by Gasteiger charge is -2.39. The number of amides is 3. The van der Waals surface area contributed by atoms with E-state index in [4.69, 9.17) is 21.1 Å². The van der Waals surface area contributed by atoms with E-state index >= 15 is 0 Å². The molecule has 0 aliphatic carbocycles. The highest BCUT2D eigenvalue weighted by molar-refractivity contribution is 6.30. The molecule has 1 spiro atoms. The van der Waals surface area contributed by atoms with Crippen LogP contribution in [0.25, 0.3) is 0 Å². The van der Waals surface area contributed by atoms with Crippen molar-refractivity contribution in [1.29, 1.82) is 0 Å². The fraction of sp³-hybridized carbons (Fsp3) is 0.548. The normalized spacial score (nSPS) is 33.1. The van der Waals surface area contributed by atoms with Crippen molar-refractivity contribution in [2.75, 3.05) is 24.6 Å². The van der Waals surface area contributed by atoms with Crippen molar-refractivity contribution in [3.05, 3.63) is 53.6 Å². The molecule has 5 bridgehead atoms.